The summed E-state index contributed by atoms with van der Waals surface area (Å²) in [6.45, 7) is 3.91. The van der Waals surface area contributed by atoms with Crippen molar-refractivity contribution in [3.8, 4) is 0 Å². The zero-order valence-corrected chi connectivity index (χ0v) is 31.2. The number of amides is 1. The molecule has 0 spiro atoms. The third-order valence-corrected chi connectivity index (χ3v) is 7.40. The molecule has 0 aliphatic carbocycles. The van der Waals surface area contributed by atoms with Crippen LogP contribution in [0.2, 0.25) is 0 Å². The van der Waals surface area contributed by atoms with Crippen LogP contribution in [0.1, 0.15) is 136 Å². The fraction of sp³-hybridized carbons (Fsp3) is 0.523. The summed E-state index contributed by atoms with van der Waals surface area (Å²) in [4.78, 5) is 34.6. The molecule has 2 N–H and O–H groups in total. The molecule has 0 aromatic rings. The second-order valence-electron chi connectivity index (χ2n) is 12.1. The van der Waals surface area contributed by atoms with Crippen LogP contribution in [0.15, 0.2) is 109 Å². The van der Waals surface area contributed by atoms with E-state index in [0.717, 1.165) is 103 Å². The van der Waals surface area contributed by atoms with Crippen molar-refractivity contribution < 1.29 is 24.2 Å². The molecule has 0 aliphatic rings. The first-order valence-corrected chi connectivity index (χ1v) is 19.1. The number of hydrogen-bond donors (Lipinski definition) is 2. The maximum atomic E-state index is 12.5. The minimum atomic E-state index is -1.04. The zero-order chi connectivity index (χ0) is 36.6. The van der Waals surface area contributed by atoms with Gasteiger partial charge in [0.25, 0.3) is 0 Å². The minimum absolute atomic E-state index is 0.169. The number of aliphatic carboxylic acids is 1. The van der Waals surface area contributed by atoms with E-state index in [1.165, 1.54) is 0 Å². The lowest BCUT2D eigenvalue weighted by Crippen LogP contribution is -2.28. The van der Waals surface area contributed by atoms with Gasteiger partial charge in [-0.25, -0.2) is 0 Å². The average molecular weight is 690 g/mol. The lowest BCUT2D eigenvalue weighted by atomic mass is 10.1. The summed E-state index contributed by atoms with van der Waals surface area (Å²) in [6.07, 6.45) is 55.5. The predicted molar refractivity (Wildman–Crippen MR) is 212 cm³/mol. The van der Waals surface area contributed by atoms with E-state index in [1.54, 1.807) is 0 Å². The Hall–Kier alpha value is -3.93. The van der Waals surface area contributed by atoms with Crippen molar-refractivity contribution >= 4 is 17.8 Å². The molecule has 0 aliphatic heterocycles. The Labute approximate surface area is 304 Å². The SMILES string of the molecule is CC/C=C\C/C=C\C/C=C\C/C=C\C/C=C\C/C=C\CCCCCCC(=O)OC(/C=C\C/C=C\CC)/C=C\CCCCCC(=O)NCC(=O)O. The Bertz CT molecular complexity index is 1120. The molecule has 0 fully saturated rings. The number of rotatable bonds is 32. The molecule has 0 radical (unpaired) electrons. The zero-order valence-electron chi connectivity index (χ0n) is 31.2. The topological polar surface area (TPSA) is 92.7 Å². The van der Waals surface area contributed by atoms with Gasteiger partial charge in [-0.1, -0.05) is 130 Å². The number of hydrogen-bond acceptors (Lipinski definition) is 4. The fourth-order valence-corrected chi connectivity index (χ4v) is 4.65. The Morgan fingerprint density at radius 1 is 0.520 bits per heavy atom. The largest absolute Gasteiger partial charge is 0.480 e. The molecule has 50 heavy (non-hydrogen) atoms. The Balaban J connectivity index is 4.10. The van der Waals surface area contributed by atoms with Crippen LogP contribution in [-0.2, 0) is 19.1 Å². The maximum Gasteiger partial charge on any atom is 0.322 e. The van der Waals surface area contributed by atoms with E-state index in [2.05, 4.69) is 104 Å². The van der Waals surface area contributed by atoms with Gasteiger partial charge in [-0.05, 0) is 102 Å². The van der Waals surface area contributed by atoms with Gasteiger partial charge < -0.3 is 15.2 Å². The van der Waals surface area contributed by atoms with Gasteiger partial charge in [0, 0.05) is 12.8 Å². The molecule has 0 saturated heterocycles. The van der Waals surface area contributed by atoms with Crippen LogP contribution in [0.3, 0.4) is 0 Å². The molecule has 0 saturated carbocycles. The molecule has 0 rings (SSSR count). The molecule has 278 valence electrons. The van der Waals surface area contributed by atoms with Gasteiger partial charge in [-0.15, -0.1) is 0 Å². The fourth-order valence-electron chi connectivity index (χ4n) is 4.65. The highest BCUT2D eigenvalue weighted by Crippen LogP contribution is 2.10. The molecular formula is C44H67NO5. The second kappa shape index (κ2) is 37.9. The molecule has 6 nitrogen and oxygen atoms in total. The summed E-state index contributed by atoms with van der Waals surface area (Å²) in [6, 6.07) is 0. The maximum absolute atomic E-state index is 12.5. The Kier molecular flexibility index (Phi) is 34.9. The standard InChI is InChI=1S/C44H67NO5/c1-3-5-7-9-10-11-12-13-14-15-16-17-18-19-20-21-22-23-24-25-26-31-35-39-44(49)50-41(36-32-28-8-6-4-2)37-33-29-27-30-34-38-42(46)45-40-43(47)48/h5-8,10-11,13-14,16-17,19-20,22-23,32-33,36-37,41H,3-4,9,12,15,18,21,24-31,34-35,38-40H2,1-2H3,(H,45,46)(H,47,48)/b7-5-,8-6-,11-10-,14-13-,17-16-,20-19-,23-22-,36-32-,37-33-. The number of carbonyl (C=O) groups is 3. The van der Waals surface area contributed by atoms with Crippen LogP contribution >= 0.6 is 0 Å². The molecule has 1 amide bonds. The Morgan fingerprint density at radius 3 is 1.48 bits per heavy atom. The smallest absolute Gasteiger partial charge is 0.322 e. The highest BCUT2D eigenvalue weighted by atomic mass is 16.5. The lowest BCUT2D eigenvalue weighted by molar-refractivity contribution is -0.145. The van der Waals surface area contributed by atoms with Crippen molar-refractivity contribution in [3.05, 3.63) is 109 Å². The van der Waals surface area contributed by atoms with Gasteiger partial charge in [0.2, 0.25) is 5.91 Å². The minimum Gasteiger partial charge on any atom is -0.480 e. The quantitative estimate of drug-likeness (QED) is 0.0416. The first-order chi connectivity index (χ1) is 24.5. The predicted octanol–water partition coefficient (Wildman–Crippen LogP) is 11.6. The van der Waals surface area contributed by atoms with Gasteiger partial charge in [0.1, 0.15) is 12.6 Å². The molecular weight excluding hydrogens is 622 g/mol. The van der Waals surface area contributed by atoms with Crippen LogP contribution in [-0.4, -0.2) is 35.6 Å². The third kappa shape index (κ3) is 36.9. The second-order valence-corrected chi connectivity index (χ2v) is 12.1. The summed E-state index contributed by atoms with van der Waals surface area (Å²) in [5, 5.41) is 11.0. The van der Waals surface area contributed by atoms with Crippen LogP contribution in [0.4, 0.5) is 0 Å². The first-order valence-electron chi connectivity index (χ1n) is 19.1. The molecule has 1 unspecified atom stereocenters. The molecule has 0 aromatic heterocycles. The lowest BCUT2D eigenvalue weighted by Gasteiger charge is -2.11. The number of carboxylic acid groups (broad SMARTS) is 1. The van der Waals surface area contributed by atoms with E-state index < -0.39 is 5.97 Å². The van der Waals surface area contributed by atoms with Crippen molar-refractivity contribution in [1.29, 1.82) is 0 Å². The summed E-state index contributed by atoms with van der Waals surface area (Å²) in [5.74, 6) is -1.44. The van der Waals surface area contributed by atoms with Gasteiger partial charge in [-0.3, -0.25) is 14.4 Å². The van der Waals surface area contributed by atoms with E-state index >= 15 is 0 Å². The number of allylic oxidation sites excluding steroid dienone is 16. The summed E-state index contributed by atoms with van der Waals surface area (Å²) < 4.78 is 5.75. The highest BCUT2D eigenvalue weighted by molar-refractivity contribution is 5.80. The van der Waals surface area contributed by atoms with E-state index in [9.17, 15) is 14.4 Å². The number of carboxylic acids is 1. The molecule has 0 bridgehead atoms. The summed E-state index contributed by atoms with van der Waals surface area (Å²) in [5.41, 5.74) is 0. The third-order valence-electron chi connectivity index (χ3n) is 7.40. The number of ether oxygens (including phenoxy) is 1. The van der Waals surface area contributed by atoms with Crippen LogP contribution < -0.4 is 5.32 Å². The Morgan fingerprint density at radius 2 is 0.940 bits per heavy atom. The number of esters is 1. The normalized spacial score (nSPS) is 13.3. The van der Waals surface area contributed by atoms with Crippen LogP contribution in [0, 0.1) is 0 Å². The average Bonchev–Trinajstić information content (AvgIpc) is 3.10. The van der Waals surface area contributed by atoms with Crippen LogP contribution in [0.5, 0.6) is 0 Å². The summed E-state index contributed by atoms with van der Waals surface area (Å²) in [7, 11) is 0. The number of nitrogens with one attached hydrogen (secondary N) is 1. The van der Waals surface area contributed by atoms with Gasteiger partial charge in [0.15, 0.2) is 0 Å². The number of carbonyl (C=O) groups excluding carboxylic acids is 2. The van der Waals surface area contributed by atoms with E-state index in [1.807, 2.05) is 24.3 Å². The monoisotopic (exact) mass is 690 g/mol. The van der Waals surface area contributed by atoms with E-state index in [-0.39, 0.29) is 24.5 Å². The van der Waals surface area contributed by atoms with Gasteiger partial charge in [0.05, 0.1) is 0 Å². The first kappa shape index (κ1) is 46.1. The van der Waals surface area contributed by atoms with Crippen molar-refractivity contribution in [1.82, 2.24) is 5.32 Å². The van der Waals surface area contributed by atoms with Crippen molar-refractivity contribution in [2.24, 2.45) is 0 Å². The molecule has 0 aromatic carbocycles. The van der Waals surface area contributed by atoms with Gasteiger partial charge >= 0.3 is 11.9 Å². The van der Waals surface area contributed by atoms with Crippen LogP contribution in [0.25, 0.3) is 0 Å². The van der Waals surface area contributed by atoms with Crippen molar-refractivity contribution in [3.63, 3.8) is 0 Å². The van der Waals surface area contributed by atoms with Gasteiger partial charge in [-0.2, -0.15) is 0 Å². The molecule has 6 heteroatoms. The number of unbranched alkanes of at least 4 members (excludes halogenated alkanes) is 7. The molecule has 0 heterocycles. The molecule has 1 atom stereocenters. The highest BCUT2D eigenvalue weighted by Gasteiger charge is 2.08. The van der Waals surface area contributed by atoms with Crippen molar-refractivity contribution in [2.45, 2.75) is 142 Å². The van der Waals surface area contributed by atoms with E-state index in [4.69, 9.17) is 9.84 Å². The van der Waals surface area contributed by atoms with Crippen molar-refractivity contribution in [2.75, 3.05) is 6.54 Å². The van der Waals surface area contributed by atoms with E-state index in [0.29, 0.717) is 19.3 Å². The summed E-state index contributed by atoms with van der Waals surface area (Å²) >= 11 is 0.